The summed E-state index contributed by atoms with van der Waals surface area (Å²) in [7, 11) is 2.17. The average Bonchev–Trinajstić information content (AvgIpc) is 2.88. The summed E-state index contributed by atoms with van der Waals surface area (Å²) in [6.07, 6.45) is 3.92. The number of carbonyl (C=O) groups is 2. The lowest BCUT2D eigenvalue weighted by Gasteiger charge is -2.35. The van der Waals surface area contributed by atoms with Crippen LogP contribution in [0.5, 0.6) is 5.75 Å². The molecule has 6 nitrogen and oxygen atoms in total. The Kier molecular flexibility index (Phi) is 10.7. The van der Waals surface area contributed by atoms with Crippen LogP contribution < -0.4 is 10.1 Å². The molecule has 1 unspecified atom stereocenters. The first-order valence-corrected chi connectivity index (χ1v) is 10.8. The number of likely N-dealkylation sites (N-methyl/N-ethyl adjacent to an activating group) is 1. The van der Waals surface area contributed by atoms with Crippen molar-refractivity contribution in [1.82, 2.24) is 10.2 Å². The standard InChI is InChI=1S/C23H36N2O4.H2S/c1-6-23(13-8-9-14-25(5)16-23)18-11-10-12-19(15-18)29-22(27)24-20(17(3)4)21(26)28-7-2;/h10-12,15,17,20H,6-9,13-14,16H2,1-5H3,(H,24,27);1H2/t20-,23?;/m0./s1. The van der Waals surface area contributed by atoms with Crippen LogP contribution in [0.15, 0.2) is 24.3 Å². The van der Waals surface area contributed by atoms with Gasteiger partial charge in [0.15, 0.2) is 0 Å². The summed E-state index contributed by atoms with van der Waals surface area (Å²) in [6, 6.07) is 7.08. The highest BCUT2D eigenvalue weighted by atomic mass is 32.1. The average molecular weight is 439 g/mol. The van der Waals surface area contributed by atoms with Crippen molar-refractivity contribution in [3.63, 3.8) is 0 Å². The summed E-state index contributed by atoms with van der Waals surface area (Å²) >= 11 is 0. The molecule has 1 heterocycles. The molecule has 0 aromatic heterocycles. The number of nitrogens with one attached hydrogen (secondary N) is 1. The molecule has 1 N–H and O–H groups in total. The molecule has 0 aliphatic carbocycles. The number of likely N-dealkylation sites (tertiary alicyclic amines) is 1. The third kappa shape index (κ3) is 6.91. The Morgan fingerprint density at radius 2 is 1.97 bits per heavy atom. The van der Waals surface area contributed by atoms with Gasteiger partial charge in [0, 0.05) is 12.0 Å². The highest BCUT2D eigenvalue weighted by Crippen LogP contribution is 2.37. The molecule has 0 spiro atoms. The first-order chi connectivity index (χ1) is 13.8. The van der Waals surface area contributed by atoms with Gasteiger partial charge in [0.05, 0.1) is 6.61 Å². The highest BCUT2D eigenvalue weighted by Gasteiger charge is 2.33. The van der Waals surface area contributed by atoms with Gasteiger partial charge in [-0.1, -0.05) is 39.3 Å². The molecule has 2 rings (SSSR count). The molecule has 30 heavy (non-hydrogen) atoms. The first-order valence-electron chi connectivity index (χ1n) is 10.8. The monoisotopic (exact) mass is 438 g/mol. The number of rotatable bonds is 7. The van der Waals surface area contributed by atoms with Crippen LogP contribution in [0.25, 0.3) is 0 Å². The Labute approximate surface area is 188 Å². The maximum Gasteiger partial charge on any atom is 0.413 e. The summed E-state index contributed by atoms with van der Waals surface area (Å²) in [5.74, 6) is -0.0523. The van der Waals surface area contributed by atoms with Crippen molar-refractivity contribution >= 4 is 25.6 Å². The highest BCUT2D eigenvalue weighted by molar-refractivity contribution is 7.59. The Hall–Kier alpha value is -1.73. The zero-order valence-electron chi connectivity index (χ0n) is 19.0. The van der Waals surface area contributed by atoms with Crippen molar-refractivity contribution in [2.45, 2.75) is 64.8 Å². The quantitative estimate of drug-likeness (QED) is 0.645. The van der Waals surface area contributed by atoms with E-state index in [4.69, 9.17) is 9.47 Å². The minimum absolute atomic E-state index is 0. The molecule has 0 saturated carbocycles. The normalized spacial score (nSPS) is 20.6. The third-order valence-electron chi connectivity index (χ3n) is 5.83. The van der Waals surface area contributed by atoms with E-state index in [1.807, 2.05) is 26.0 Å². The molecule has 1 aliphatic heterocycles. The Morgan fingerprint density at radius 1 is 1.23 bits per heavy atom. The molecule has 0 radical (unpaired) electrons. The van der Waals surface area contributed by atoms with E-state index >= 15 is 0 Å². The predicted molar refractivity (Wildman–Crippen MR) is 125 cm³/mol. The Balaban J connectivity index is 0.00000450. The zero-order chi connectivity index (χ0) is 21.4. The van der Waals surface area contributed by atoms with Gasteiger partial charge < -0.3 is 19.7 Å². The number of ether oxygens (including phenoxy) is 2. The number of esters is 1. The fraction of sp³-hybridized carbons (Fsp3) is 0.652. The third-order valence-corrected chi connectivity index (χ3v) is 5.83. The van der Waals surface area contributed by atoms with Crippen molar-refractivity contribution in [3.05, 3.63) is 29.8 Å². The van der Waals surface area contributed by atoms with Crippen LogP contribution in [0.1, 0.15) is 58.9 Å². The molecule has 1 saturated heterocycles. The smallest absolute Gasteiger partial charge is 0.413 e. The molecule has 0 bridgehead atoms. The number of benzene rings is 1. The van der Waals surface area contributed by atoms with Gasteiger partial charge in [-0.05, 0) is 63.4 Å². The van der Waals surface area contributed by atoms with E-state index in [9.17, 15) is 9.59 Å². The number of hydrogen-bond acceptors (Lipinski definition) is 5. The van der Waals surface area contributed by atoms with Gasteiger partial charge in [-0.15, -0.1) is 0 Å². The second-order valence-corrected chi connectivity index (χ2v) is 8.36. The van der Waals surface area contributed by atoms with Crippen LogP contribution in [0.3, 0.4) is 0 Å². The van der Waals surface area contributed by atoms with Crippen molar-refractivity contribution in [1.29, 1.82) is 0 Å². The van der Waals surface area contributed by atoms with Gasteiger partial charge in [0.1, 0.15) is 11.8 Å². The molecule has 1 amide bonds. The van der Waals surface area contributed by atoms with Crippen LogP contribution >= 0.6 is 13.5 Å². The van der Waals surface area contributed by atoms with Gasteiger partial charge in [-0.3, -0.25) is 0 Å². The summed E-state index contributed by atoms with van der Waals surface area (Å²) in [6.45, 7) is 10.1. The van der Waals surface area contributed by atoms with Crippen LogP contribution in [0.2, 0.25) is 0 Å². The molecular formula is C23H38N2O4S. The fourth-order valence-corrected chi connectivity index (χ4v) is 4.13. The molecule has 1 aromatic rings. The van der Waals surface area contributed by atoms with Gasteiger partial charge >= 0.3 is 12.1 Å². The summed E-state index contributed by atoms with van der Waals surface area (Å²) in [5, 5.41) is 2.65. The number of amides is 1. The van der Waals surface area contributed by atoms with Crippen molar-refractivity contribution in [2.24, 2.45) is 5.92 Å². The van der Waals surface area contributed by atoms with Crippen LogP contribution in [0.4, 0.5) is 4.79 Å². The molecule has 1 fully saturated rings. The van der Waals surface area contributed by atoms with Gasteiger partial charge in [0.2, 0.25) is 0 Å². The van der Waals surface area contributed by atoms with E-state index in [0.717, 1.165) is 25.9 Å². The van der Waals surface area contributed by atoms with E-state index < -0.39 is 18.1 Å². The predicted octanol–water partition coefficient (Wildman–Crippen LogP) is 4.24. The van der Waals surface area contributed by atoms with Gasteiger partial charge in [0.25, 0.3) is 0 Å². The summed E-state index contributed by atoms with van der Waals surface area (Å²) < 4.78 is 10.6. The molecule has 1 aliphatic rings. The maximum atomic E-state index is 12.4. The SMILES string of the molecule is CCOC(=O)[C@@H](NC(=O)Oc1cccc(C2(CC)CCCCN(C)C2)c1)C(C)C.S. The number of hydrogen-bond donors (Lipinski definition) is 1. The Morgan fingerprint density at radius 3 is 2.60 bits per heavy atom. The van der Waals surface area contributed by atoms with E-state index in [2.05, 4.69) is 30.3 Å². The lowest BCUT2D eigenvalue weighted by molar-refractivity contribution is -0.146. The van der Waals surface area contributed by atoms with E-state index in [1.165, 1.54) is 18.4 Å². The van der Waals surface area contributed by atoms with Crippen molar-refractivity contribution < 1.29 is 19.1 Å². The maximum absolute atomic E-state index is 12.4. The first kappa shape index (κ1) is 26.3. The molecule has 1 aromatic carbocycles. The minimum atomic E-state index is -0.733. The summed E-state index contributed by atoms with van der Waals surface area (Å²) in [4.78, 5) is 26.9. The van der Waals surface area contributed by atoms with Crippen molar-refractivity contribution in [2.75, 3.05) is 26.7 Å². The topological polar surface area (TPSA) is 67.9 Å². The molecular weight excluding hydrogens is 400 g/mol. The number of nitrogens with zero attached hydrogens (tertiary/aromatic N) is 1. The largest absolute Gasteiger partial charge is 0.464 e. The van der Waals surface area contributed by atoms with E-state index in [-0.39, 0.29) is 31.4 Å². The number of carbonyl (C=O) groups excluding carboxylic acids is 2. The lowest BCUT2D eigenvalue weighted by Crippen LogP contribution is -2.46. The molecule has 2 atom stereocenters. The van der Waals surface area contributed by atoms with E-state index in [0.29, 0.717) is 5.75 Å². The Bertz CT molecular complexity index is 698. The van der Waals surface area contributed by atoms with E-state index in [1.54, 1.807) is 13.0 Å². The van der Waals surface area contributed by atoms with Crippen LogP contribution in [-0.2, 0) is 14.9 Å². The zero-order valence-corrected chi connectivity index (χ0v) is 20.0. The second kappa shape index (κ2) is 12.2. The summed E-state index contributed by atoms with van der Waals surface area (Å²) in [5.41, 5.74) is 1.26. The fourth-order valence-electron chi connectivity index (χ4n) is 4.13. The van der Waals surface area contributed by atoms with Gasteiger partial charge in [-0.25, -0.2) is 9.59 Å². The molecule has 170 valence electrons. The van der Waals surface area contributed by atoms with Gasteiger partial charge in [-0.2, -0.15) is 13.5 Å². The minimum Gasteiger partial charge on any atom is -0.464 e. The van der Waals surface area contributed by atoms with Crippen molar-refractivity contribution in [3.8, 4) is 5.75 Å². The second-order valence-electron chi connectivity index (χ2n) is 8.36. The van der Waals surface area contributed by atoms with Crippen LogP contribution in [-0.4, -0.2) is 49.7 Å². The van der Waals surface area contributed by atoms with Crippen LogP contribution in [0, 0.1) is 5.92 Å². The molecule has 7 heteroatoms. The lowest BCUT2D eigenvalue weighted by atomic mass is 9.74.